The second-order valence-electron chi connectivity index (χ2n) is 4.05. The number of hydrogen-bond donors (Lipinski definition) is 1. The van der Waals surface area contributed by atoms with Crippen LogP contribution in [0.4, 0.5) is 0 Å². The average molecular weight is 268 g/mol. The molecule has 0 saturated carbocycles. The highest BCUT2D eigenvalue weighted by Crippen LogP contribution is 2.15. The number of aryl methyl sites for hydroxylation is 1. The van der Waals surface area contributed by atoms with E-state index >= 15 is 0 Å². The minimum atomic E-state index is -3.81. The molecule has 5 nitrogen and oxygen atoms in total. The molecule has 0 unspecified atom stereocenters. The number of nitrogens with zero attached hydrogens (tertiary/aromatic N) is 1. The van der Waals surface area contributed by atoms with Crippen molar-refractivity contribution in [2.24, 2.45) is 5.14 Å². The molecule has 0 aliphatic carbocycles. The zero-order valence-electron chi connectivity index (χ0n) is 10.4. The van der Waals surface area contributed by atoms with Crippen LogP contribution >= 0.6 is 0 Å². The maximum absolute atomic E-state index is 12.0. The summed E-state index contributed by atoms with van der Waals surface area (Å²) in [5, 5.41) is 5.06. The van der Waals surface area contributed by atoms with E-state index < -0.39 is 10.0 Å². The first kappa shape index (κ1) is 14.4. The Labute approximate surface area is 107 Å². The van der Waals surface area contributed by atoms with Crippen molar-refractivity contribution in [2.75, 3.05) is 13.6 Å². The number of likely N-dealkylation sites (N-methyl/N-ethyl adjacent to an activating group) is 1. The van der Waals surface area contributed by atoms with Gasteiger partial charge in [0.1, 0.15) is 0 Å². The minimum Gasteiger partial charge on any atom is -0.338 e. The predicted octanol–water partition coefficient (Wildman–Crippen LogP) is 0.900. The molecule has 1 aromatic rings. The van der Waals surface area contributed by atoms with Gasteiger partial charge in [0, 0.05) is 19.2 Å². The lowest BCUT2D eigenvalue weighted by Crippen LogP contribution is -2.27. The molecule has 1 aromatic carbocycles. The van der Waals surface area contributed by atoms with Gasteiger partial charge in [-0.15, -0.1) is 6.58 Å². The van der Waals surface area contributed by atoms with Gasteiger partial charge in [0.2, 0.25) is 10.0 Å². The molecule has 0 heterocycles. The molecule has 98 valence electrons. The second kappa shape index (κ2) is 5.32. The number of hydrogen-bond acceptors (Lipinski definition) is 3. The molecule has 0 saturated heterocycles. The highest BCUT2D eigenvalue weighted by Gasteiger charge is 2.15. The van der Waals surface area contributed by atoms with Gasteiger partial charge in [-0.1, -0.05) is 6.08 Å². The fraction of sp³-hybridized carbons (Fsp3) is 0.250. The Kier molecular flexibility index (Phi) is 4.26. The smallest absolute Gasteiger partial charge is 0.253 e. The normalized spacial score (nSPS) is 11.1. The van der Waals surface area contributed by atoms with E-state index in [1.54, 1.807) is 26.1 Å². The molecule has 0 radical (unpaired) electrons. The summed E-state index contributed by atoms with van der Waals surface area (Å²) < 4.78 is 22.6. The summed E-state index contributed by atoms with van der Waals surface area (Å²) in [5.74, 6) is -0.275. The highest BCUT2D eigenvalue weighted by molar-refractivity contribution is 7.89. The summed E-state index contributed by atoms with van der Waals surface area (Å²) in [5.41, 5.74) is 0.959. The minimum absolute atomic E-state index is 0.0575. The molecule has 0 aliphatic rings. The Morgan fingerprint density at radius 1 is 1.44 bits per heavy atom. The number of rotatable bonds is 4. The standard InChI is InChI=1S/C12H16N2O3S/c1-4-5-14(3)12(15)10-6-9(2)7-11(8-10)18(13,16)17/h4,6-8H,1,5H2,2-3H3,(H2,13,16,17). The van der Waals surface area contributed by atoms with Crippen LogP contribution < -0.4 is 5.14 Å². The monoisotopic (exact) mass is 268 g/mol. The van der Waals surface area contributed by atoms with Gasteiger partial charge in [-0.2, -0.15) is 0 Å². The van der Waals surface area contributed by atoms with Crippen molar-refractivity contribution in [1.29, 1.82) is 0 Å². The number of sulfonamides is 1. The molecule has 1 rings (SSSR count). The first-order chi connectivity index (χ1) is 8.25. The van der Waals surface area contributed by atoms with E-state index in [1.807, 2.05) is 0 Å². The van der Waals surface area contributed by atoms with E-state index in [-0.39, 0.29) is 10.8 Å². The van der Waals surface area contributed by atoms with Crippen molar-refractivity contribution < 1.29 is 13.2 Å². The van der Waals surface area contributed by atoms with Crippen LogP contribution in [0.1, 0.15) is 15.9 Å². The van der Waals surface area contributed by atoms with Crippen LogP contribution in [0.2, 0.25) is 0 Å². The largest absolute Gasteiger partial charge is 0.338 e. The van der Waals surface area contributed by atoms with Crippen molar-refractivity contribution in [1.82, 2.24) is 4.90 Å². The maximum atomic E-state index is 12.0. The van der Waals surface area contributed by atoms with Crippen molar-refractivity contribution in [3.05, 3.63) is 42.0 Å². The number of carbonyl (C=O) groups excluding carboxylic acids is 1. The number of benzene rings is 1. The lowest BCUT2D eigenvalue weighted by molar-refractivity contribution is 0.0810. The van der Waals surface area contributed by atoms with Crippen LogP contribution in [0.15, 0.2) is 35.7 Å². The van der Waals surface area contributed by atoms with Crippen LogP contribution in [-0.2, 0) is 10.0 Å². The van der Waals surface area contributed by atoms with E-state index in [0.29, 0.717) is 17.7 Å². The lowest BCUT2D eigenvalue weighted by Gasteiger charge is -2.15. The molecule has 0 atom stereocenters. The van der Waals surface area contributed by atoms with Gasteiger partial charge in [0.15, 0.2) is 0 Å². The van der Waals surface area contributed by atoms with Gasteiger partial charge < -0.3 is 4.90 Å². The Balaban J connectivity index is 3.22. The molecule has 0 bridgehead atoms. The summed E-state index contributed by atoms with van der Waals surface area (Å²) >= 11 is 0. The van der Waals surface area contributed by atoms with Crippen molar-refractivity contribution in [2.45, 2.75) is 11.8 Å². The summed E-state index contributed by atoms with van der Waals surface area (Å²) in [6.45, 7) is 5.64. The van der Waals surface area contributed by atoms with E-state index in [2.05, 4.69) is 6.58 Å². The predicted molar refractivity (Wildman–Crippen MR) is 69.7 cm³/mol. The van der Waals surface area contributed by atoms with Gasteiger partial charge >= 0.3 is 0 Å². The number of amides is 1. The van der Waals surface area contributed by atoms with Crippen LogP contribution in [-0.4, -0.2) is 32.8 Å². The topological polar surface area (TPSA) is 80.5 Å². The summed E-state index contributed by atoms with van der Waals surface area (Å²) in [4.78, 5) is 13.4. The molecule has 0 aromatic heterocycles. The Hall–Kier alpha value is -1.66. The molecule has 0 aliphatic heterocycles. The van der Waals surface area contributed by atoms with Crippen LogP contribution in [0.3, 0.4) is 0 Å². The molecular weight excluding hydrogens is 252 g/mol. The van der Waals surface area contributed by atoms with Gasteiger partial charge in [-0.25, -0.2) is 13.6 Å². The van der Waals surface area contributed by atoms with Gasteiger partial charge in [-0.3, -0.25) is 4.79 Å². The third-order valence-corrected chi connectivity index (χ3v) is 3.27. The van der Waals surface area contributed by atoms with Crippen LogP contribution in [0.5, 0.6) is 0 Å². The first-order valence-corrected chi connectivity index (χ1v) is 6.81. The third kappa shape index (κ3) is 3.41. The Morgan fingerprint density at radius 2 is 2.06 bits per heavy atom. The highest BCUT2D eigenvalue weighted by atomic mass is 32.2. The van der Waals surface area contributed by atoms with E-state index in [9.17, 15) is 13.2 Å². The zero-order chi connectivity index (χ0) is 13.9. The number of nitrogens with two attached hydrogens (primary N) is 1. The summed E-state index contributed by atoms with van der Waals surface area (Å²) in [6.07, 6.45) is 1.59. The maximum Gasteiger partial charge on any atom is 0.253 e. The molecule has 0 spiro atoms. The first-order valence-electron chi connectivity index (χ1n) is 5.26. The van der Waals surface area contributed by atoms with E-state index in [1.165, 1.54) is 17.0 Å². The second-order valence-corrected chi connectivity index (χ2v) is 5.62. The Morgan fingerprint density at radius 3 is 2.56 bits per heavy atom. The zero-order valence-corrected chi connectivity index (χ0v) is 11.2. The number of primary sulfonamides is 1. The number of carbonyl (C=O) groups is 1. The summed E-state index contributed by atoms with van der Waals surface area (Å²) in [7, 11) is -2.20. The Bertz CT molecular complexity index is 579. The van der Waals surface area contributed by atoms with Crippen LogP contribution in [0.25, 0.3) is 0 Å². The van der Waals surface area contributed by atoms with Crippen molar-refractivity contribution in [3.8, 4) is 0 Å². The molecule has 0 fully saturated rings. The molecule has 6 heteroatoms. The van der Waals surface area contributed by atoms with Crippen LogP contribution in [0, 0.1) is 6.92 Å². The fourth-order valence-electron chi connectivity index (χ4n) is 1.53. The van der Waals surface area contributed by atoms with E-state index in [4.69, 9.17) is 5.14 Å². The van der Waals surface area contributed by atoms with Crippen molar-refractivity contribution >= 4 is 15.9 Å². The van der Waals surface area contributed by atoms with E-state index in [0.717, 1.165) is 0 Å². The molecular formula is C12H16N2O3S. The van der Waals surface area contributed by atoms with Gasteiger partial charge in [-0.05, 0) is 30.7 Å². The third-order valence-electron chi connectivity index (χ3n) is 2.38. The summed E-state index contributed by atoms with van der Waals surface area (Å²) in [6, 6.07) is 4.33. The molecule has 2 N–H and O–H groups in total. The molecule has 1 amide bonds. The average Bonchev–Trinajstić information content (AvgIpc) is 2.26. The van der Waals surface area contributed by atoms with Crippen molar-refractivity contribution in [3.63, 3.8) is 0 Å². The quantitative estimate of drug-likeness (QED) is 0.824. The molecule has 18 heavy (non-hydrogen) atoms. The van der Waals surface area contributed by atoms with Gasteiger partial charge in [0.25, 0.3) is 5.91 Å². The lowest BCUT2D eigenvalue weighted by atomic mass is 10.1. The van der Waals surface area contributed by atoms with Gasteiger partial charge in [0.05, 0.1) is 4.90 Å². The fourth-order valence-corrected chi connectivity index (χ4v) is 2.17. The SMILES string of the molecule is C=CCN(C)C(=O)c1cc(C)cc(S(N)(=O)=O)c1.